The van der Waals surface area contributed by atoms with Crippen molar-refractivity contribution in [2.75, 3.05) is 13.1 Å². The van der Waals surface area contributed by atoms with Crippen LogP contribution in [0.1, 0.15) is 25.3 Å². The molecule has 0 aliphatic carbocycles. The molecule has 0 saturated carbocycles. The minimum absolute atomic E-state index is 0.0319. The Morgan fingerprint density at radius 3 is 2.67 bits per heavy atom. The van der Waals surface area contributed by atoms with Gasteiger partial charge in [0.2, 0.25) is 10.0 Å². The minimum atomic E-state index is -3.78. The molecule has 1 unspecified atom stereocenters. The van der Waals surface area contributed by atoms with Crippen molar-refractivity contribution in [1.29, 1.82) is 0 Å². The quantitative estimate of drug-likeness (QED) is 0.923. The van der Waals surface area contributed by atoms with Crippen LogP contribution in [-0.4, -0.2) is 36.9 Å². The smallest absolute Gasteiger partial charge is 0.310 e. The standard InChI is InChI=1S/C14H18ClNO4S/c1-10-4-5-12(11(15)8-10)21(19,20)16-7-3-6-14(2,9-16)13(17)18/h4-5,8H,3,6-7,9H2,1-2H3,(H,17,18). The SMILES string of the molecule is Cc1ccc(S(=O)(=O)N2CCCC(C)(C(=O)O)C2)c(Cl)c1. The minimum Gasteiger partial charge on any atom is -0.481 e. The second kappa shape index (κ2) is 5.59. The zero-order valence-corrected chi connectivity index (χ0v) is 13.5. The fraction of sp³-hybridized carbons (Fsp3) is 0.500. The highest BCUT2D eigenvalue weighted by atomic mass is 35.5. The lowest BCUT2D eigenvalue weighted by Gasteiger charge is -2.36. The van der Waals surface area contributed by atoms with Crippen LogP contribution in [0.2, 0.25) is 5.02 Å². The average molecular weight is 332 g/mol. The summed E-state index contributed by atoms with van der Waals surface area (Å²) in [5, 5.41) is 9.46. The van der Waals surface area contributed by atoms with Crippen molar-refractivity contribution in [3.05, 3.63) is 28.8 Å². The van der Waals surface area contributed by atoms with Crippen LogP contribution in [0.3, 0.4) is 0 Å². The lowest BCUT2D eigenvalue weighted by molar-refractivity contribution is -0.150. The van der Waals surface area contributed by atoms with E-state index in [1.165, 1.54) is 10.4 Å². The lowest BCUT2D eigenvalue weighted by Crippen LogP contribution is -2.48. The van der Waals surface area contributed by atoms with E-state index in [1.807, 2.05) is 6.92 Å². The molecule has 1 atom stereocenters. The molecular weight excluding hydrogens is 314 g/mol. The molecule has 0 bridgehead atoms. The second-order valence-corrected chi connectivity index (χ2v) is 8.06. The number of sulfonamides is 1. The Hall–Kier alpha value is -1.11. The predicted molar refractivity (Wildman–Crippen MR) is 79.9 cm³/mol. The molecule has 1 N–H and O–H groups in total. The van der Waals surface area contributed by atoms with Crippen molar-refractivity contribution in [2.45, 2.75) is 31.6 Å². The van der Waals surface area contributed by atoms with Gasteiger partial charge < -0.3 is 5.11 Å². The summed E-state index contributed by atoms with van der Waals surface area (Å²) in [4.78, 5) is 11.4. The van der Waals surface area contributed by atoms with Crippen LogP contribution >= 0.6 is 11.6 Å². The molecule has 7 heteroatoms. The molecule has 1 aliphatic heterocycles. The first kappa shape index (κ1) is 16.3. The highest BCUT2D eigenvalue weighted by molar-refractivity contribution is 7.89. The van der Waals surface area contributed by atoms with Crippen LogP contribution in [0.15, 0.2) is 23.1 Å². The molecule has 0 aromatic heterocycles. The molecule has 0 spiro atoms. The van der Waals surface area contributed by atoms with Gasteiger partial charge in [-0.1, -0.05) is 17.7 Å². The third kappa shape index (κ3) is 3.07. The Kier molecular flexibility index (Phi) is 4.33. The highest BCUT2D eigenvalue weighted by Crippen LogP contribution is 2.34. The molecule has 0 amide bonds. The monoisotopic (exact) mass is 331 g/mol. The third-order valence-electron chi connectivity index (χ3n) is 3.88. The maximum absolute atomic E-state index is 12.7. The van der Waals surface area contributed by atoms with Crippen LogP contribution in [-0.2, 0) is 14.8 Å². The Bertz CT molecular complexity index is 674. The number of aliphatic carboxylic acids is 1. The number of rotatable bonds is 3. The van der Waals surface area contributed by atoms with Crippen LogP contribution in [0, 0.1) is 12.3 Å². The normalized spacial score (nSPS) is 24.0. The molecule has 1 saturated heterocycles. The van der Waals surface area contributed by atoms with Gasteiger partial charge in [-0.3, -0.25) is 4.79 Å². The van der Waals surface area contributed by atoms with Crippen molar-refractivity contribution < 1.29 is 18.3 Å². The van der Waals surface area contributed by atoms with Gasteiger partial charge in [0.05, 0.1) is 10.4 Å². The number of piperidine rings is 1. The van der Waals surface area contributed by atoms with Gasteiger partial charge in [0.15, 0.2) is 0 Å². The first-order valence-electron chi connectivity index (χ1n) is 6.66. The number of benzene rings is 1. The van der Waals surface area contributed by atoms with E-state index in [1.54, 1.807) is 19.1 Å². The van der Waals surface area contributed by atoms with E-state index in [0.29, 0.717) is 19.4 Å². The summed E-state index contributed by atoms with van der Waals surface area (Å²) in [6, 6.07) is 4.74. The fourth-order valence-electron chi connectivity index (χ4n) is 2.53. The van der Waals surface area contributed by atoms with E-state index >= 15 is 0 Å². The van der Waals surface area contributed by atoms with Crippen LogP contribution in [0.5, 0.6) is 0 Å². The van der Waals surface area contributed by atoms with E-state index in [2.05, 4.69) is 0 Å². The van der Waals surface area contributed by atoms with Gasteiger partial charge in [0.25, 0.3) is 0 Å². The maximum Gasteiger partial charge on any atom is 0.310 e. The molecule has 5 nitrogen and oxygen atoms in total. The van der Waals surface area contributed by atoms with E-state index in [0.717, 1.165) is 5.56 Å². The zero-order valence-electron chi connectivity index (χ0n) is 12.0. The molecule has 2 rings (SSSR count). The summed E-state index contributed by atoms with van der Waals surface area (Å²) in [5.74, 6) is -0.975. The largest absolute Gasteiger partial charge is 0.481 e. The van der Waals surface area contributed by atoms with Crippen molar-refractivity contribution in [3.8, 4) is 0 Å². The van der Waals surface area contributed by atoms with E-state index in [4.69, 9.17) is 11.6 Å². The molecular formula is C14H18ClNO4S. The third-order valence-corrected chi connectivity index (χ3v) is 6.21. The van der Waals surface area contributed by atoms with Crippen molar-refractivity contribution in [1.82, 2.24) is 4.31 Å². The van der Waals surface area contributed by atoms with E-state index in [9.17, 15) is 18.3 Å². The van der Waals surface area contributed by atoms with Crippen LogP contribution in [0.4, 0.5) is 0 Å². The number of carboxylic acid groups (broad SMARTS) is 1. The molecule has 1 aliphatic rings. The van der Waals surface area contributed by atoms with Crippen LogP contribution in [0.25, 0.3) is 0 Å². The Morgan fingerprint density at radius 2 is 2.10 bits per heavy atom. The summed E-state index contributed by atoms with van der Waals surface area (Å²) in [6.07, 6.45) is 0.988. The summed E-state index contributed by atoms with van der Waals surface area (Å²) >= 11 is 6.04. The van der Waals surface area contributed by atoms with Gasteiger partial charge in [0.1, 0.15) is 4.90 Å². The molecule has 116 valence electrons. The van der Waals surface area contributed by atoms with Crippen molar-refractivity contribution >= 4 is 27.6 Å². The highest BCUT2D eigenvalue weighted by Gasteiger charge is 2.42. The Balaban J connectivity index is 2.37. The van der Waals surface area contributed by atoms with Gasteiger partial charge in [0, 0.05) is 13.1 Å². The average Bonchev–Trinajstić information content (AvgIpc) is 2.38. The first-order chi connectivity index (χ1) is 9.67. The number of carbonyl (C=O) groups is 1. The summed E-state index contributed by atoms with van der Waals surface area (Å²) in [6.45, 7) is 3.68. The summed E-state index contributed by atoms with van der Waals surface area (Å²) < 4.78 is 26.6. The van der Waals surface area contributed by atoms with Gasteiger partial charge >= 0.3 is 5.97 Å². The van der Waals surface area contributed by atoms with E-state index in [-0.39, 0.29) is 16.5 Å². The van der Waals surface area contributed by atoms with Gasteiger partial charge in [-0.05, 0) is 44.4 Å². The van der Waals surface area contributed by atoms with Gasteiger partial charge in [-0.2, -0.15) is 4.31 Å². The van der Waals surface area contributed by atoms with Crippen LogP contribution < -0.4 is 0 Å². The summed E-state index contributed by atoms with van der Waals surface area (Å²) in [5.41, 5.74) is -0.185. The number of nitrogens with zero attached hydrogens (tertiary/aromatic N) is 1. The molecule has 1 heterocycles. The summed E-state index contributed by atoms with van der Waals surface area (Å²) in [7, 11) is -3.78. The first-order valence-corrected chi connectivity index (χ1v) is 8.48. The predicted octanol–water partition coefficient (Wildman–Crippen LogP) is 2.52. The molecule has 1 aromatic carbocycles. The lowest BCUT2D eigenvalue weighted by atomic mass is 9.83. The fourth-order valence-corrected chi connectivity index (χ4v) is 4.70. The Morgan fingerprint density at radius 1 is 1.43 bits per heavy atom. The number of carboxylic acids is 1. The molecule has 21 heavy (non-hydrogen) atoms. The number of halogens is 1. The second-order valence-electron chi connectivity index (χ2n) is 5.74. The van der Waals surface area contributed by atoms with Gasteiger partial charge in [-0.25, -0.2) is 8.42 Å². The number of hydrogen-bond acceptors (Lipinski definition) is 3. The number of hydrogen-bond donors (Lipinski definition) is 1. The number of aryl methyl sites for hydroxylation is 1. The van der Waals surface area contributed by atoms with E-state index < -0.39 is 21.4 Å². The Labute approximate surface area is 129 Å². The molecule has 0 radical (unpaired) electrons. The van der Waals surface area contributed by atoms with Crippen molar-refractivity contribution in [2.24, 2.45) is 5.41 Å². The molecule has 1 fully saturated rings. The topological polar surface area (TPSA) is 74.7 Å². The maximum atomic E-state index is 12.7. The molecule has 1 aromatic rings. The zero-order chi connectivity index (χ0) is 15.8. The van der Waals surface area contributed by atoms with Gasteiger partial charge in [-0.15, -0.1) is 0 Å². The van der Waals surface area contributed by atoms with Crippen molar-refractivity contribution in [3.63, 3.8) is 0 Å².